The van der Waals surface area contributed by atoms with Gasteiger partial charge in [-0.2, -0.15) is 0 Å². The van der Waals surface area contributed by atoms with Gasteiger partial charge < -0.3 is 20.4 Å². The van der Waals surface area contributed by atoms with Crippen LogP contribution in [-0.4, -0.2) is 41.6 Å². The summed E-state index contributed by atoms with van der Waals surface area (Å²) in [5.74, 6) is 7.38. The fourth-order valence-corrected chi connectivity index (χ4v) is 2.35. The highest BCUT2D eigenvalue weighted by molar-refractivity contribution is 5.73. The van der Waals surface area contributed by atoms with Crippen molar-refractivity contribution in [3.63, 3.8) is 0 Å². The lowest BCUT2D eigenvalue weighted by atomic mass is 10.3. The molecule has 1 aliphatic heterocycles. The molecule has 0 aliphatic carbocycles. The van der Waals surface area contributed by atoms with Gasteiger partial charge in [0.05, 0.1) is 0 Å². The van der Waals surface area contributed by atoms with Crippen LogP contribution < -0.4 is 21.5 Å². The topological polar surface area (TPSA) is 105 Å². The van der Waals surface area contributed by atoms with E-state index < -0.39 is 0 Å². The molecule has 1 aromatic rings. The van der Waals surface area contributed by atoms with Crippen molar-refractivity contribution in [2.24, 2.45) is 5.84 Å². The molecule has 1 saturated heterocycles. The van der Waals surface area contributed by atoms with E-state index in [4.69, 9.17) is 10.6 Å². The number of aromatic nitrogens is 2. The van der Waals surface area contributed by atoms with Crippen LogP contribution in [0.15, 0.2) is 6.07 Å². The number of hydrazine groups is 1. The normalized spacial score (nSPS) is 17.9. The summed E-state index contributed by atoms with van der Waals surface area (Å²) in [6, 6.07) is 1.95. The Bertz CT molecular complexity index is 496. The number of ether oxygens (including phenoxy) is 1. The van der Waals surface area contributed by atoms with Crippen LogP contribution in [0.25, 0.3) is 0 Å². The quantitative estimate of drug-likeness (QED) is 0.501. The summed E-state index contributed by atoms with van der Waals surface area (Å²) < 4.78 is 5.34. The van der Waals surface area contributed by atoms with Gasteiger partial charge in [-0.25, -0.2) is 15.8 Å². The van der Waals surface area contributed by atoms with Crippen LogP contribution in [-0.2, 0) is 16.1 Å². The van der Waals surface area contributed by atoms with Crippen molar-refractivity contribution in [3.8, 4) is 0 Å². The third kappa shape index (κ3) is 4.27. The molecule has 0 bridgehead atoms. The molecule has 2 rings (SSSR count). The molecule has 0 spiro atoms. The molecule has 4 N–H and O–H groups in total. The maximum Gasteiger partial charge on any atom is 0.217 e. The van der Waals surface area contributed by atoms with Crippen molar-refractivity contribution in [2.45, 2.75) is 32.9 Å². The Morgan fingerprint density at radius 2 is 2.38 bits per heavy atom. The van der Waals surface area contributed by atoms with Crippen LogP contribution in [0.1, 0.15) is 26.1 Å². The molecule has 1 amide bonds. The van der Waals surface area contributed by atoms with E-state index in [1.165, 1.54) is 6.92 Å². The maximum absolute atomic E-state index is 11.1. The van der Waals surface area contributed by atoms with E-state index >= 15 is 0 Å². The van der Waals surface area contributed by atoms with Gasteiger partial charge >= 0.3 is 0 Å². The van der Waals surface area contributed by atoms with E-state index in [1.54, 1.807) is 6.07 Å². The zero-order valence-electron chi connectivity index (χ0n) is 12.4. The highest BCUT2D eigenvalue weighted by atomic mass is 16.5. The average molecular weight is 294 g/mol. The lowest BCUT2D eigenvalue weighted by Gasteiger charge is -2.19. The molecule has 21 heavy (non-hydrogen) atoms. The molecule has 1 atom stereocenters. The van der Waals surface area contributed by atoms with Gasteiger partial charge in [0.25, 0.3) is 0 Å². The summed E-state index contributed by atoms with van der Waals surface area (Å²) in [6.07, 6.45) is 0.899. The molecule has 2 heterocycles. The van der Waals surface area contributed by atoms with E-state index in [0.717, 1.165) is 25.3 Å². The Balaban J connectivity index is 2.10. The van der Waals surface area contributed by atoms with Gasteiger partial charge in [-0.1, -0.05) is 0 Å². The maximum atomic E-state index is 11.1. The predicted molar refractivity (Wildman–Crippen MR) is 79.6 cm³/mol. The standard InChI is InChI=1S/C13H22N6O2/c1-3-21-8-12-16-11(18-14)6-13(17-12)19-5-4-10(7-19)15-9(2)20/h6,10H,3-5,7-8,14H2,1-2H3,(H,15,20)(H,16,17,18). The monoisotopic (exact) mass is 294 g/mol. The van der Waals surface area contributed by atoms with Gasteiger partial charge in [0, 0.05) is 38.7 Å². The molecule has 1 fully saturated rings. The van der Waals surface area contributed by atoms with Gasteiger partial charge in [0.15, 0.2) is 5.82 Å². The summed E-state index contributed by atoms with van der Waals surface area (Å²) in [4.78, 5) is 22.0. The first-order valence-electron chi connectivity index (χ1n) is 7.06. The lowest BCUT2D eigenvalue weighted by molar-refractivity contribution is -0.119. The van der Waals surface area contributed by atoms with Gasteiger partial charge in [-0.05, 0) is 13.3 Å². The minimum atomic E-state index is -0.00844. The van der Waals surface area contributed by atoms with Crippen molar-refractivity contribution < 1.29 is 9.53 Å². The zero-order chi connectivity index (χ0) is 15.2. The summed E-state index contributed by atoms with van der Waals surface area (Å²) >= 11 is 0. The van der Waals surface area contributed by atoms with Crippen LogP contribution >= 0.6 is 0 Å². The van der Waals surface area contributed by atoms with E-state index in [1.807, 2.05) is 6.92 Å². The summed E-state index contributed by atoms with van der Waals surface area (Å²) in [6.45, 7) is 5.97. The molecule has 1 aromatic heterocycles. The lowest BCUT2D eigenvalue weighted by Crippen LogP contribution is -2.35. The molecule has 1 unspecified atom stereocenters. The number of nitrogens with zero attached hydrogens (tertiary/aromatic N) is 3. The minimum absolute atomic E-state index is 0.00844. The number of carbonyl (C=O) groups excluding carboxylic acids is 1. The van der Waals surface area contributed by atoms with Crippen LogP contribution in [0.3, 0.4) is 0 Å². The van der Waals surface area contributed by atoms with Crippen LogP contribution in [0.5, 0.6) is 0 Å². The number of hydrogen-bond acceptors (Lipinski definition) is 7. The fourth-order valence-electron chi connectivity index (χ4n) is 2.35. The van der Waals surface area contributed by atoms with Crippen molar-refractivity contribution >= 4 is 17.5 Å². The van der Waals surface area contributed by atoms with Gasteiger partial charge in [-0.3, -0.25) is 4.79 Å². The largest absolute Gasteiger partial charge is 0.374 e. The van der Waals surface area contributed by atoms with Crippen molar-refractivity contribution in [1.29, 1.82) is 0 Å². The van der Waals surface area contributed by atoms with Crippen molar-refractivity contribution in [1.82, 2.24) is 15.3 Å². The van der Waals surface area contributed by atoms with E-state index in [2.05, 4.69) is 25.6 Å². The smallest absolute Gasteiger partial charge is 0.217 e. The Kier molecular flexibility index (Phi) is 5.29. The number of amides is 1. The number of carbonyl (C=O) groups is 1. The second-order valence-electron chi connectivity index (χ2n) is 4.94. The SMILES string of the molecule is CCOCc1nc(NN)cc(N2CCC(NC(C)=O)C2)n1. The Morgan fingerprint density at radius 1 is 1.57 bits per heavy atom. The number of nitrogens with one attached hydrogen (secondary N) is 2. The molecule has 8 heteroatoms. The molecule has 0 radical (unpaired) electrons. The highest BCUT2D eigenvalue weighted by Crippen LogP contribution is 2.21. The van der Waals surface area contributed by atoms with Crippen molar-refractivity contribution in [3.05, 3.63) is 11.9 Å². The number of rotatable bonds is 6. The molecule has 0 aromatic carbocycles. The molecule has 1 aliphatic rings. The summed E-state index contributed by atoms with van der Waals surface area (Å²) in [5.41, 5.74) is 2.55. The summed E-state index contributed by atoms with van der Waals surface area (Å²) in [7, 11) is 0. The van der Waals surface area contributed by atoms with Crippen LogP contribution in [0.4, 0.5) is 11.6 Å². The number of nitrogens with two attached hydrogens (primary N) is 1. The Labute approximate surface area is 124 Å². The molecule has 0 saturated carbocycles. The Morgan fingerprint density at radius 3 is 3.05 bits per heavy atom. The third-order valence-electron chi connectivity index (χ3n) is 3.26. The molecule has 8 nitrogen and oxygen atoms in total. The van der Waals surface area contributed by atoms with Gasteiger partial charge in [-0.15, -0.1) is 0 Å². The second-order valence-corrected chi connectivity index (χ2v) is 4.94. The first-order valence-corrected chi connectivity index (χ1v) is 7.06. The van der Waals surface area contributed by atoms with Crippen molar-refractivity contribution in [2.75, 3.05) is 30.0 Å². The molecular formula is C13H22N6O2. The molecule has 116 valence electrons. The second kappa shape index (κ2) is 7.19. The van der Waals surface area contributed by atoms with Crippen LogP contribution in [0, 0.1) is 0 Å². The zero-order valence-corrected chi connectivity index (χ0v) is 12.4. The van der Waals surface area contributed by atoms with E-state index in [9.17, 15) is 4.79 Å². The first-order chi connectivity index (χ1) is 10.1. The number of anilines is 2. The van der Waals surface area contributed by atoms with Crippen LogP contribution in [0.2, 0.25) is 0 Å². The van der Waals surface area contributed by atoms with Gasteiger partial charge in [0.1, 0.15) is 18.2 Å². The highest BCUT2D eigenvalue weighted by Gasteiger charge is 2.24. The number of hydrogen-bond donors (Lipinski definition) is 3. The number of nitrogen functional groups attached to an aromatic ring is 1. The Hall–Kier alpha value is -1.93. The van der Waals surface area contributed by atoms with Gasteiger partial charge in [0.2, 0.25) is 5.91 Å². The average Bonchev–Trinajstić information content (AvgIpc) is 2.92. The predicted octanol–water partition coefficient (Wildman–Crippen LogP) is 0.0135. The van der Waals surface area contributed by atoms with E-state index in [-0.39, 0.29) is 11.9 Å². The third-order valence-corrected chi connectivity index (χ3v) is 3.26. The fraction of sp³-hybridized carbons (Fsp3) is 0.615. The summed E-state index contributed by atoms with van der Waals surface area (Å²) in [5, 5.41) is 2.93. The van der Waals surface area contributed by atoms with E-state index in [0.29, 0.717) is 24.9 Å². The molecular weight excluding hydrogens is 272 g/mol. The minimum Gasteiger partial charge on any atom is -0.374 e. The first kappa shape index (κ1) is 15.5.